The number of amides is 1. The van der Waals surface area contributed by atoms with E-state index in [9.17, 15) is 4.79 Å². The summed E-state index contributed by atoms with van der Waals surface area (Å²) in [6.45, 7) is 4.27. The maximum atomic E-state index is 12.7. The molecule has 5 nitrogen and oxygen atoms in total. The van der Waals surface area contributed by atoms with Crippen LogP contribution in [0.2, 0.25) is 5.02 Å². The summed E-state index contributed by atoms with van der Waals surface area (Å²) in [5.74, 6) is 0.104. The zero-order chi connectivity index (χ0) is 19.1. The first kappa shape index (κ1) is 20.6. The summed E-state index contributed by atoms with van der Waals surface area (Å²) in [6.07, 6.45) is 6.28. The van der Waals surface area contributed by atoms with Crippen LogP contribution in [-0.2, 0) is 9.53 Å². The predicted molar refractivity (Wildman–Crippen MR) is 109 cm³/mol. The molecule has 1 aromatic rings. The van der Waals surface area contributed by atoms with Crippen molar-refractivity contribution < 1.29 is 9.53 Å². The van der Waals surface area contributed by atoms with E-state index in [0.29, 0.717) is 32.7 Å². The molecule has 1 saturated carbocycles. The van der Waals surface area contributed by atoms with Crippen LogP contribution < -0.4 is 11.1 Å². The minimum Gasteiger partial charge on any atom is -0.379 e. The molecule has 3 rings (SSSR count). The number of carbonyl (C=O) groups excluding carboxylic acids is 1. The highest BCUT2D eigenvalue weighted by Crippen LogP contribution is 2.38. The van der Waals surface area contributed by atoms with Gasteiger partial charge in [-0.3, -0.25) is 9.69 Å². The fourth-order valence-electron chi connectivity index (χ4n) is 4.44. The number of hydrogen-bond acceptors (Lipinski definition) is 4. The van der Waals surface area contributed by atoms with Crippen LogP contribution in [0.4, 0.5) is 0 Å². The van der Waals surface area contributed by atoms with E-state index in [1.54, 1.807) is 0 Å². The Morgan fingerprint density at radius 3 is 2.59 bits per heavy atom. The van der Waals surface area contributed by atoms with Crippen LogP contribution in [0, 0.1) is 5.41 Å². The highest BCUT2D eigenvalue weighted by Gasteiger charge is 2.33. The third-order valence-electron chi connectivity index (χ3n) is 6.13. The van der Waals surface area contributed by atoms with Crippen molar-refractivity contribution in [2.75, 3.05) is 39.4 Å². The molecule has 0 spiro atoms. The van der Waals surface area contributed by atoms with Gasteiger partial charge >= 0.3 is 0 Å². The molecule has 2 aliphatic rings. The maximum absolute atomic E-state index is 12.7. The fourth-order valence-corrected chi connectivity index (χ4v) is 4.70. The number of carbonyl (C=O) groups is 1. The van der Waals surface area contributed by atoms with Gasteiger partial charge in [0.2, 0.25) is 5.91 Å². The normalized spacial score (nSPS) is 21.6. The fraction of sp³-hybridized carbons (Fsp3) is 0.667. The van der Waals surface area contributed by atoms with Gasteiger partial charge in [-0.25, -0.2) is 0 Å². The molecule has 1 aromatic carbocycles. The Labute approximate surface area is 167 Å². The Bertz CT molecular complexity index is 613. The van der Waals surface area contributed by atoms with Gasteiger partial charge in [-0.05, 0) is 36.4 Å². The molecule has 1 saturated heterocycles. The largest absolute Gasteiger partial charge is 0.379 e. The lowest BCUT2D eigenvalue weighted by Crippen LogP contribution is -2.45. The number of halogens is 1. The number of ether oxygens (including phenoxy) is 1. The van der Waals surface area contributed by atoms with Crippen molar-refractivity contribution in [3.63, 3.8) is 0 Å². The summed E-state index contributed by atoms with van der Waals surface area (Å²) in [4.78, 5) is 15.1. The second-order valence-electron chi connectivity index (χ2n) is 7.93. The molecule has 1 atom stereocenters. The van der Waals surface area contributed by atoms with Crippen LogP contribution in [0.15, 0.2) is 24.3 Å². The molecule has 0 aromatic heterocycles. The molecule has 1 aliphatic heterocycles. The summed E-state index contributed by atoms with van der Waals surface area (Å²) in [6, 6.07) is 7.97. The van der Waals surface area contributed by atoms with E-state index in [1.807, 2.05) is 18.2 Å². The third kappa shape index (κ3) is 5.44. The van der Waals surface area contributed by atoms with Gasteiger partial charge in [0, 0.05) is 31.1 Å². The van der Waals surface area contributed by atoms with Gasteiger partial charge in [0.25, 0.3) is 0 Å². The first-order valence-corrected chi connectivity index (χ1v) is 10.5. The van der Waals surface area contributed by atoms with Gasteiger partial charge in [-0.2, -0.15) is 0 Å². The average molecular weight is 394 g/mol. The van der Waals surface area contributed by atoms with Crippen molar-refractivity contribution in [2.45, 2.75) is 44.6 Å². The van der Waals surface area contributed by atoms with Crippen molar-refractivity contribution >= 4 is 17.5 Å². The van der Waals surface area contributed by atoms with Crippen LogP contribution in [-0.4, -0.2) is 50.2 Å². The molecule has 1 heterocycles. The summed E-state index contributed by atoms with van der Waals surface area (Å²) < 4.78 is 5.49. The van der Waals surface area contributed by atoms with Crippen LogP contribution in [0.25, 0.3) is 0 Å². The number of nitrogens with two attached hydrogens (primary N) is 1. The van der Waals surface area contributed by atoms with Crippen molar-refractivity contribution in [1.29, 1.82) is 0 Å². The van der Waals surface area contributed by atoms with Crippen molar-refractivity contribution in [3.8, 4) is 0 Å². The minimum atomic E-state index is -0.0127. The van der Waals surface area contributed by atoms with E-state index >= 15 is 0 Å². The van der Waals surface area contributed by atoms with E-state index < -0.39 is 0 Å². The maximum Gasteiger partial charge on any atom is 0.220 e. The van der Waals surface area contributed by atoms with Crippen molar-refractivity contribution in [1.82, 2.24) is 10.2 Å². The predicted octanol–water partition coefficient (Wildman–Crippen LogP) is 3.13. The Morgan fingerprint density at radius 1 is 1.22 bits per heavy atom. The van der Waals surface area contributed by atoms with E-state index in [0.717, 1.165) is 36.5 Å². The lowest BCUT2D eigenvalue weighted by molar-refractivity contribution is -0.124. The molecule has 1 aliphatic carbocycles. The molecule has 150 valence electrons. The number of benzene rings is 1. The molecule has 2 fully saturated rings. The number of hydrogen-bond donors (Lipinski definition) is 2. The summed E-state index contributed by atoms with van der Waals surface area (Å²) in [5, 5.41) is 3.92. The molecular formula is C21H32ClN3O2. The smallest absolute Gasteiger partial charge is 0.220 e. The molecule has 3 N–H and O–H groups in total. The molecule has 27 heavy (non-hydrogen) atoms. The van der Waals surface area contributed by atoms with E-state index in [1.165, 1.54) is 19.3 Å². The molecule has 0 bridgehead atoms. The highest BCUT2D eigenvalue weighted by molar-refractivity contribution is 6.31. The van der Waals surface area contributed by atoms with Crippen LogP contribution in [0.3, 0.4) is 0 Å². The van der Waals surface area contributed by atoms with Gasteiger partial charge in [-0.15, -0.1) is 0 Å². The Hall–Kier alpha value is -1.14. The zero-order valence-corrected chi connectivity index (χ0v) is 16.8. The lowest BCUT2D eigenvalue weighted by atomic mass is 9.71. The minimum absolute atomic E-state index is 0.0127. The second kappa shape index (κ2) is 9.87. The van der Waals surface area contributed by atoms with Gasteiger partial charge in [0.1, 0.15) is 0 Å². The third-order valence-corrected chi connectivity index (χ3v) is 6.47. The average Bonchev–Trinajstić information content (AvgIpc) is 2.71. The quantitative estimate of drug-likeness (QED) is 0.746. The highest BCUT2D eigenvalue weighted by atomic mass is 35.5. The van der Waals surface area contributed by atoms with E-state index in [2.05, 4.69) is 16.3 Å². The monoisotopic (exact) mass is 393 g/mol. The van der Waals surface area contributed by atoms with Crippen molar-refractivity contribution in [2.24, 2.45) is 11.1 Å². The van der Waals surface area contributed by atoms with Gasteiger partial charge in [0.05, 0.1) is 19.3 Å². The van der Waals surface area contributed by atoms with Crippen LogP contribution in [0.5, 0.6) is 0 Å². The first-order chi connectivity index (χ1) is 13.1. The van der Waals surface area contributed by atoms with E-state index in [-0.39, 0.29) is 17.4 Å². The summed E-state index contributed by atoms with van der Waals surface area (Å²) in [7, 11) is 0. The molecule has 1 amide bonds. The van der Waals surface area contributed by atoms with Crippen LogP contribution >= 0.6 is 11.6 Å². The molecular weight excluding hydrogens is 362 g/mol. The first-order valence-electron chi connectivity index (χ1n) is 10.2. The number of nitrogens with zero attached hydrogens (tertiary/aromatic N) is 1. The Balaban J connectivity index is 1.65. The molecule has 1 unspecified atom stereocenters. The molecule has 6 heteroatoms. The summed E-state index contributed by atoms with van der Waals surface area (Å²) >= 11 is 6.47. The SMILES string of the molecule is NCC1(CC(=O)NCC(c2ccccc2Cl)N2CCOCC2)CCCCC1. The standard InChI is InChI=1S/C21H32ClN3O2/c22-18-7-3-2-6-17(18)19(25-10-12-27-13-11-25)15-24-20(26)14-21(16-23)8-4-1-5-9-21/h2-3,6-7,19H,1,4-5,8-16,23H2,(H,24,26). The zero-order valence-electron chi connectivity index (χ0n) is 16.1. The number of morpholine rings is 1. The van der Waals surface area contributed by atoms with Gasteiger partial charge < -0.3 is 15.8 Å². The van der Waals surface area contributed by atoms with E-state index in [4.69, 9.17) is 22.1 Å². The lowest BCUT2D eigenvalue weighted by Gasteiger charge is -2.37. The van der Waals surface area contributed by atoms with Crippen LogP contribution in [0.1, 0.15) is 50.1 Å². The summed E-state index contributed by atoms with van der Waals surface area (Å²) in [5.41, 5.74) is 7.10. The molecule has 0 radical (unpaired) electrons. The van der Waals surface area contributed by atoms with Gasteiger partial charge in [-0.1, -0.05) is 49.1 Å². The van der Waals surface area contributed by atoms with Gasteiger partial charge in [0.15, 0.2) is 0 Å². The topological polar surface area (TPSA) is 67.6 Å². The van der Waals surface area contributed by atoms with Crippen molar-refractivity contribution in [3.05, 3.63) is 34.9 Å². The Kier molecular flexibility index (Phi) is 7.53. The number of nitrogens with one attached hydrogen (secondary N) is 1. The number of rotatable bonds is 7. The second-order valence-corrected chi connectivity index (χ2v) is 8.34. The Morgan fingerprint density at radius 2 is 1.93 bits per heavy atom.